The average Bonchev–Trinajstić information content (AvgIpc) is 2.80. The quantitative estimate of drug-likeness (QED) is 0.241. The summed E-state index contributed by atoms with van der Waals surface area (Å²) < 4.78 is 10.8. The molecule has 33 heavy (non-hydrogen) atoms. The van der Waals surface area contributed by atoms with Crippen molar-refractivity contribution in [3.05, 3.63) is 104 Å². The summed E-state index contributed by atoms with van der Waals surface area (Å²) in [4.78, 5) is 34.6. The van der Waals surface area contributed by atoms with Crippen molar-refractivity contribution >= 4 is 34.2 Å². The van der Waals surface area contributed by atoms with Gasteiger partial charge < -0.3 is 14.5 Å². The number of nitro benzene ring substituents is 1. The van der Waals surface area contributed by atoms with Crippen LogP contribution in [0.5, 0.6) is 5.75 Å². The van der Waals surface area contributed by atoms with E-state index in [2.05, 4.69) is 5.32 Å². The summed E-state index contributed by atoms with van der Waals surface area (Å²) in [5, 5.41) is 14.8. The monoisotopic (exact) mass is 464 g/mol. The summed E-state index contributed by atoms with van der Waals surface area (Å²) in [6, 6.07) is 19.2. The van der Waals surface area contributed by atoms with Crippen molar-refractivity contribution in [2.75, 3.05) is 6.61 Å². The van der Waals surface area contributed by atoms with Crippen LogP contribution in [0.1, 0.15) is 5.56 Å². The van der Waals surface area contributed by atoms with E-state index in [9.17, 15) is 19.7 Å². The minimum Gasteiger partial charge on any atom is -0.484 e. The van der Waals surface area contributed by atoms with Gasteiger partial charge in [-0.3, -0.25) is 14.9 Å². The number of amides is 1. The number of non-ortho nitro benzene ring substituents is 1. The molecule has 0 aliphatic rings. The number of hydrogen-bond donors (Lipinski definition) is 1. The maximum Gasteiger partial charge on any atom is 0.336 e. The number of nitro groups is 1. The molecule has 9 heteroatoms. The van der Waals surface area contributed by atoms with E-state index in [-0.39, 0.29) is 23.8 Å². The number of hydrogen-bond acceptors (Lipinski definition) is 6. The lowest BCUT2D eigenvalue weighted by molar-refractivity contribution is -0.384. The predicted octanol–water partition coefficient (Wildman–Crippen LogP) is 4.72. The first-order valence-corrected chi connectivity index (χ1v) is 10.2. The Kier molecular flexibility index (Phi) is 6.37. The summed E-state index contributed by atoms with van der Waals surface area (Å²) in [5.74, 6) is 0.0283. The second-order valence-corrected chi connectivity index (χ2v) is 7.57. The Morgan fingerprint density at radius 3 is 2.58 bits per heavy atom. The van der Waals surface area contributed by atoms with Gasteiger partial charge in [0.25, 0.3) is 11.6 Å². The summed E-state index contributed by atoms with van der Waals surface area (Å²) in [7, 11) is 0. The molecule has 0 saturated carbocycles. The number of carbonyl (C=O) groups excluding carboxylic acids is 1. The molecule has 4 rings (SSSR count). The molecule has 0 saturated heterocycles. The summed E-state index contributed by atoms with van der Waals surface area (Å²) in [6.45, 7) is 0.0896. The van der Waals surface area contributed by atoms with Gasteiger partial charge in [0, 0.05) is 41.2 Å². The van der Waals surface area contributed by atoms with Gasteiger partial charge in [-0.2, -0.15) is 0 Å². The van der Waals surface area contributed by atoms with Gasteiger partial charge in [0.05, 0.1) is 4.92 Å². The maximum atomic E-state index is 12.1. The molecule has 8 nitrogen and oxygen atoms in total. The number of fused-ring (bicyclic) bond motifs is 1. The number of rotatable bonds is 7. The molecule has 1 N–H and O–H groups in total. The second-order valence-electron chi connectivity index (χ2n) is 7.14. The highest BCUT2D eigenvalue weighted by Crippen LogP contribution is 2.30. The molecular formula is C24H17ClN2O6. The third-order valence-corrected chi connectivity index (χ3v) is 5.09. The molecule has 4 aromatic rings. The van der Waals surface area contributed by atoms with Crippen molar-refractivity contribution < 1.29 is 18.9 Å². The molecule has 0 fully saturated rings. The lowest BCUT2D eigenvalue weighted by atomic mass is 10.0. The fourth-order valence-corrected chi connectivity index (χ4v) is 3.49. The lowest BCUT2D eigenvalue weighted by Crippen LogP contribution is -2.28. The van der Waals surface area contributed by atoms with Gasteiger partial charge in [0.2, 0.25) is 0 Å². The standard InChI is InChI=1S/C24H17ClN2O6/c25-17-3-1-2-15(10-17)13-26-23(28)14-32-19-8-9-20-21(12-24(29)33-22(20)11-19)16-4-6-18(7-5-16)27(30)31/h1-12H,13-14H2,(H,26,28). The maximum absolute atomic E-state index is 12.1. The Bertz CT molecular complexity index is 1400. The number of nitrogens with one attached hydrogen (secondary N) is 1. The Labute approximate surface area is 192 Å². The van der Waals surface area contributed by atoms with E-state index in [0.29, 0.717) is 33.8 Å². The van der Waals surface area contributed by atoms with Gasteiger partial charge in [-0.15, -0.1) is 0 Å². The zero-order chi connectivity index (χ0) is 23.4. The molecule has 0 aliphatic heterocycles. The molecule has 3 aromatic carbocycles. The van der Waals surface area contributed by atoms with Gasteiger partial charge >= 0.3 is 5.63 Å². The molecule has 1 amide bonds. The number of ether oxygens (including phenoxy) is 1. The molecule has 166 valence electrons. The van der Waals surface area contributed by atoms with Crippen LogP contribution in [0.25, 0.3) is 22.1 Å². The van der Waals surface area contributed by atoms with Gasteiger partial charge in [0.1, 0.15) is 11.3 Å². The topological polar surface area (TPSA) is 112 Å². The van der Waals surface area contributed by atoms with Crippen LogP contribution in [0.2, 0.25) is 5.02 Å². The van der Waals surface area contributed by atoms with Crippen LogP contribution in [-0.4, -0.2) is 17.4 Å². The predicted molar refractivity (Wildman–Crippen MR) is 123 cm³/mol. The number of benzene rings is 3. The average molecular weight is 465 g/mol. The van der Waals surface area contributed by atoms with Crippen molar-refractivity contribution in [2.45, 2.75) is 6.54 Å². The van der Waals surface area contributed by atoms with E-state index >= 15 is 0 Å². The first-order valence-electron chi connectivity index (χ1n) is 9.86. The van der Waals surface area contributed by atoms with Crippen molar-refractivity contribution in [3.63, 3.8) is 0 Å². The molecule has 0 aliphatic carbocycles. The van der Waals surface area contributed by atoms with Crippen LogP contribution in [0, 0.1) is 10.1 Å². The fourth-order valence-electron chi connectivity index (χ4n) is 3.28. The van der Waals surface area contributed by atoms with Crippen molar-refractivity contribution in [2.24, 2.45) is 0 Å². The van der Waals surface area contributed by atoms with Crippen molar-refractivity contribution in [3.8, 4) is 16.9 Å². The molecule has 1 aromatic heterocycles. The Balaban J connectivity index is 1.48. The Morgan fingerprint density at radius 2 is 1.85 bits per heavy atom. The van der Waals surface area contributed by atoms with Crippen LogP contribution in [0.15, 0.2) is 82.0 Å². The van der Waals surface area contributed by atoms with Crippen LogP contribution >= 0.6 is 11.6 Å². The summed E-state index contributed by atoms with van der Waals surface area (Å²) in [6.07, 6.45) is 0. The molecule has 0 atom stereocenters. The Morgan fingerprint density at radius 1 is 1.06 bits per heavy atom. The normalized spacial score (nSPS) is 10.7. The van der Waals surface area contributed by atoms with Crippen LogP contribution < -0.4 is 15.7 Å². The van der Waals surface area contributed by atoms with E-state index < -0.39 is 10.5 Å². The van der Waals surface area contributed by atoms with Gasteiger partial charge in [-0.1, -0.05) is 23.7 Å². The highest BCUT2D eigenvalue weighted by molar-refractivity contribution is 6.30. The molecule has 0 bridgehead atoms. The first kappa shape index (κ1) is 22.0. The highest BCUT2D eigenvalue weighted by Gasteiger charge is 2.12. The van der Waals surface area contributed by atoms with Crippen LogP contribution in [0.3, 0.4) is 0 Å². The molecule has 0 spiro atoms. The number of halogens is 1. The minimum atomic E-state index is -0.577. The van der Waals surface area contributed by atoms with Crippen molar-refractivity contribution in [1.82, 2.24) is 5.32 Å². The van der Waals surface area contributed by atoms with Gasteiger partial charge in [-0.25, -0.2) is 4.79 Å². The van der Waals surface area contributed by atoms with E-state index in [1.807, 2.05) is 6.07 Å². The fraction of sp³-hybridized carbons (Fsp3) is 0.0833. The first-order chi connectivity index (χ1) is 15.9. The van der Waals surface area contributed by atoms with E-state index in [1.54, 1.807) is 42.5 Å². The van der Waals surface area contributed by atoms with Crippen molar-refractivity contribution in [1.29, 1.82) is 0 Å². The second kappa shape index (κ2) is 9.54. The zero-order valence-corrected chi connectivity index (χ0v) is 17.9. The van der Waals surface area contributed by atoms with E-state index in [1.165, 1.54) is 24.3 Å². The van der Waals surface area contributed by atoms with E-state index in [0.717, 1.165) is 5.56 Å². The highest BCUT2D eigenvalue weighted by atomic mass is 35.5. The van der Waals surface area contributed by atoms with Crippen LogP contribution in [0.4, 0.5) is 5.69 Å². The Hall–Kier alpha value is -4.17. The van der Waals surface area contributed by atoms with E-state index in [4.69, 9.17) is 20.8 Å². The summed E-state index contributed by atoms with van der Waals surface area (Å²) in [5.41, 5.74) is 1.71. The number of nitrogens with zero attached hydrogens (tertiary/aromatic N) is 1. The SMILES string of the molecule is O=C(COc1ccc2c(-c3ccc([N+](=O)[O-])cc3)cc(=O)oc2c1)NCc1cccc(Cl)c1. The van der Waals surface area contributed by atoms with Gasteiger partial charge in [-0.05, 0) is 53.1 Å². The minimum absolute atomic E-state index is 0.0460. The molecule has 0 radical (unpaired) electrons. The lowest BCUT2D eigenvalue weighted by Gasteiger charge is -2.10. The largest absolute Gasteiger partial charge is 0.484 e. The third-order valence-electron chi connectivity index (χ3n) is 4.85. The smallest absolute Gasteiger partial charge is 0.336 e. The number of carbonyl (C=O) groups is 1. The molecular weight excluding hydrogens is 448 g/mol. The molecule has 1 heterocycles. The molecule has 0 unspecified atom stereocenters. The third kappa shape index (κ3) is 5.36. The van der Waals surface area contributed by atoms with Crippen LogP contribution in [-0.2, 0) is 11.3 Å². The van der Waals surface area contributed by atoms with Gasteiger partial charge in [0.15, 0.2) is 6.61 Å². The summed E-state index contributed by atoms with van der Waals surface area (Å²) >= 11 is 5.93. The zero-order valence-electron chi connectivity index (χ0n) is 17.1.